The van der Waals surface area contributed by atoms with Gasteiger partial charge in [-0.05, 0) is 63.5 Å². The van der Waals surface area contributed by atoms with Crippen LogP contribution in [0.1, 0.15) is 25.0 Å². The predicted octanol–water partition coefficient (Wildman–Crippen LogP) is 5.18. The number of fused-ring (bicyclic) bond motifs is 2. The van der Waals surface area contributed by atoms with E-state index in [1.807, 2.05) is 25.1 Å². The normalized spacial score (nSPS) is 14.3. The van der Waals surface area contributed by atoms with E-state index in [9.17, 15) is 0 Å². The highest BCUT2D eigenvalue weighted by atomic mass is 19.1. The maximum absolute atomic E-state index is 15.1. The molecule has 4 aromatic rings. The molecule has 0 saturated carbocycles. The van der Waals surface area contributed by atoms with Crippen LogP contribution in [0.5, 0.6) is 11.5 Å². The number of aryl methyl sites for hydroxylation is 1. The number of hydrogen-bond donors (Lipinski definition) is 2. The standard InChI is InChI=1S/C25H28FN5O2/c1-16-12-17-19(29-16)6-7-20(24(17)26)30-25-18-13-22(32-2)23(14-21(18)27-15-28-25)33-11-5-10-31-8-3-4-9-31/h6-7,12-15,29H,3-5,8-11H2,1-2H3,(H,27,28,30). The van der Waals surface area contributed by atoms with Gasteiger partial charge in [0, 0.05) is 34.6 Å². The van der Waals surface area contributed by atoms with E-state index < -0.39 is 0 Å². The van der Waals surface area contributed by atoms with Gasteiger partial charge in [-0.1, -0.05) is 0 Å². The van der Waals surface area contributed by atoms with Crippen LogP contribution in [0, 0.1) is 12.7 Å². The number of nitrogens with one attached hydrogen (secondary N) is 2. The van der Waals surface area contributed by atoms with E-state index in [1.165, 1.54) is 32.3 Å². The Balaban J connectivity index is 1.38. The number of rotatable bonds is 8. The van der Waals surface area contributed by atoms with E-state index >= 15 is 4.39 Å². The topological polar surface area (TPSA) is 75.3 Å². The third-order valence-electron chi connectivity index (χ3n) is 6.12. The number of aromatic nitrogens is 3. The number of benzene rings is 2. The summed E-state index contributed by atoms with van der Waals surface area (Å²) in [5.74, 6) is 1.42. The molecule has 0 bridgehead atoms. The molecule has 8 heteroatoms. The number of likely N-dealkylation sites (tertiary alicyclic amines) is 1. The van der Waals surface area contributed by atoms with Crippen molar-refractivity contribution in [3.8, 4) is 11.5 Å². The average Bonchev–Trinajstić information content (AvgIpc) is 3.47. The first kappa shape index (κ1) is 21.5. The van der Waals surface area contributed by atoms with Gasteiger partial charge in [0.1, 0.15) is 12.1 Å². The molecule has 2 aromatic carbocycles. The van der Waals surface area contributed by atoms with Crippen LogP contribution in [-0.4, -0.2) is 53.2 Å². The molecule has 0 spiro atoms. The Bertz CT molecular complexity index is 1280. The van der Waals surface area contributed by atoms with Crippen molar-refractivity contribution in [1.82, 2.24) is 19.9 Å². The maximum atomic E-state index is 15.1. The van der Waals surface area contributed by atoms with E-state index in [1.54, 1.807) is 19.2 Å². The highest BCUT2D eigenvalue weighted by molar-refractivity contribution is 5.94. The first-order valence-electron chi connectivity index (χ1n) is 11.3. The largest absolute Gasteiger partial charge is 0.493 e. The van der Waals surface area contributed by atoms with E-state index in [-0.39, 0.29) is 5.82 Å². The fourth-order valence-electron chi connectivity index (χ4n) is 4.44. The summed E-state index contributed by atoms with van der Waals surface area (Å²) in [6, 6.07) is 9.04. The van der Waals surface area contributed by atoms with Crippen LogP contribution < -0.4 is 14.8 Å². The van der Waals surface area contributed by atoms with Crippen LogP contribution in [0.25, 0.3) is 21.8 Å². The van der Waals surface area contributed by atoms with Crippen LogP contribution in [0.2, 0.25) is 0 Å². The number of methoxy groups -OCH3 is 1. The summed E-state index contributed by atoms with van der Waals surface area (Å²) in [6.07, 6.45) is 5.00. The zero-order valence-corrected chi connectivity index (χ0v) is 18.9. The van der Waals surface area contributed by atoms with Gasteiger partial charge in [-0.25, -0.2) is 14.4 Å². The number of hydrogen-bond acceptors (Lipinski definition) is 6. The molecule has 2 N–H and O–H groups in total. The van der Waals surface area contributed by atoms with Crippen molar-refractivity contribution in [1.29, 1.82) is 0 Å². The number of H-pyrrole nitrogens is 1. The van der Waals surface area contributed by atoms with Crippen LogP contribution in [0.15, 0.2) is 36.7 Å². The average molecular weight is 450 g/mol. The van der Waals surface area contributed by atoms with Gasteiger partial charge in [0.15, 0.2) is 17.3 Å². The van der Waals surface area contributed by atoms with Gasteiger partial charge in [-0.3, -0.25) is 0 Å². The third kappa shape index (κ3) is 4.43. The van der Waals surface area contributed by atoms with E-state index in [4.69, 9.17) is 9.47 Å². The van der Waals surface area contributed by atoms with E-state index in [0.717, 1.165) is 29.6 Å². The molecular formula is C25H28FN5O2. The minimum Gasteiger partial charge on any atom is -0.493 e. The molecule has 1 fully saturated rings. The van der Waals surface area contributed by atoms with Crippen molar-refractivity contribution in [2.75, 3.05) is 38.7 Å². The molecule has 2 aromatic heterocycles. The molecule has 0 aliphatic carbocycles. The van der Waals surface area contributed by atoms with Gasteiger partial charge in [0.05, 0.1) is 24.9 Å². The van der Waals surface area contributed by atoms with E-state index in [2.05, 4.69) is 25.2 Å². The Morgan fingerprint density at radius 1 is 1.09 bits per heavy atom. The summed E-state index contributed by atoms with van der Waals surface area (Å²) in [6.45, 7) is 5.92. The molecule has 1 aliphatic rings. The second-order valence-electron chi connectivity index (χ2n) is 8.46. The van der Waals surface area contributed by atoms with Crippen molar-refractivity contribution >= 4 is 33.3 Å². The highest BCUT2D eigenvalue weighted by Gasteiger charge is 2.15. The van der Waals surface area contributed by atoms with Gasteiger partial charge in [0.25, 0.3) is 0 Å². The Labute approximate surface area is 191 Å². The van der Waals surface area contributed by atoms with Crippen molar-refractivity contribution in [3.05, 3.63) is 48.2 Å². The lowest BCUT2D eigenvalue weighted by atomic mass is 10.2. The molecular weight excluding hydrogens is 421 g/mol. The maximum Gasteiger partial charge on any atom is 0.163 e. The third-order valence-corrected chi connectivity index (χ3v) is 6.12. The van der Waals surface area contributed by atoms with Crippen LogP contribution in [0.4, 0.5) is 15.9 Å². The molecule has 1 saturated heterocycles. The predicted molar refractivity (Wildman–Crippen MR) is 128 cm³/mol. The zero-order valence-electron chi connectivity index (χ0n) is 18.9. The number of aromatic amines is 1. The molecule has 172 valence electrons. The van der Waals surface area contributed by atoms with Gasteiger partial charge in [-0.15, -0.1) is 0 Å². The van der Waals surface area contributed by atoms with Crippen molar-refractivity contribution in [2.24, 2.45) is 0 Å². The van der Waals surface area contributed by atoms with Gasteiger partial charge in [0.2, 0.25) is 0 Å². The Kier molecular flexibility index (Phi) is 6.00. The number of halogens is 1. The van der Waals surface area contributed by atoms with Gasteiger partial charge in [-0.2, -0.15) is 0 Å². The summed E-state index contributed by atoms with van der Waals surface area (Å²) in [4.78, 5) is 14.4. The Morgan fingerprint density at radius 3 is 2.76 bits per heavy atom. The summed E-state index contributed by atoms with van der Waals surface area (Å²) in [5.41, 5.74) is 2.71. The Morgan fingerprint density at radius 2 is 1.94 bits per heavy atom. The zero-order chi connectivity index (χ0) is 22.8. The first-order valence-corrected chi connectivity index (χ1v) is 11.3. The van der Waals surface area contributed by atoms with Crippen LogP contribution >= 0.6 is 0 Å². The molecule has 1 aliphatic heterocycles. The summed E-state index contributed by atoms with van der Waals surface area (Å²) in [5, 5.41) is 4.39. The minimum absolute atomic E-state index is 0.325. The smallest absolute Gasteiger partial charge is 0.163 e. The second-order valence-corrected chi connectivity index (χ2v) is 8.46. The monoisotopic (exact) mass is 449 g/mol. The summed E-state index contributed by atoms with van der Waals surface area (Å²) in [7, 11) is 1.61. The van der Waals surface area contributed by atoms with Crippen LogP contribution in [0.3, 0.4) is 0 Å². The Hall–Kier alpha value is -3.39. The van der Waals surface area contributed by atoms with Crippen molar-refractivity contribution in [3.63, 3.8) is 0 Å². The van der Waals surface area contributed by atoms with Gasteiger partial charge < -0.3 is 24.7 Å². The van der Waals surface area contributed by atoms with E-state index in [0.29, 0.717) is 40.5 Å². The highest BCUT2D eigenvalue weighted by Crippen LogP contribution is 2.35. The quantitative estimate of drug-likeness (QED) is 0.361. The minimum atomic E-state index is -0.325. The number of anilines is 2. The summed E-state index contributed by atoms with van der Waals surface area (Å²) < 4.78 is 26.7. The summed E-state index contributed by atoms with van der Waals surface area (Å²) >= 11 is 0. The molecule has 0 atom stereocenters. The number of nitrogens with zero attached hydrogens (tertiary/aromatic N) is 3. The molecule has 0 unspecified atom stereocenters. The lowest BCUT2D eigenvalue weighted by Crippen LogP contribution is -2.21. The molecule has 33 heavy (non-hydrogen) atoms. The molecule has 7 nitrogen and oxygen atoms in total. The van der Waals surface area contributed by atoms with Crippen molar-refractivity contribution in [2.45, 2.75) is 26.2 Å². The molecule has 0 amide bonds. The SMILES string of the molecule is COc1cc2c(Nc3ccc4[nH]c(C)cc4c3F)ncnc2cc1OCCCN1CCCC1. The molecule has 5 rings (SSSR count). The fraction of sp³-hybridized carbons (Fsp3) is 0.360. The lowest BCUT2D eigenvalue weighted by Gasteiger charge is -2.16. The lowest BCUT2D eigenvalue weighted by molar-refractivity contribution is 0.254. The second kappa shape index (κ2) is 9.23. The van der Waals surface area contributed by atoms with Crippen LogP contribution in [-0.2, 0) is 0 Å². The first-order chi connectivity index (χ1) is 16.1. The fourth-order valence-corrected chi connectivity index (χ4v) is 4.44. The van der Waals surface area contributed by atoms with Gasteiger partial charge >= 0.3 is 0 Å². The molecule has 3 heterocycles. The number of ether oxygens (including phenoxy) is 2. The molecule has 0 radical (unpaired) electrons. The van der Waals surface area contributed by atoms with Crippen molar-refractivity contribution < 1.29 is 13.9 Å².